The fourth-order valence-electron chi connectivity index (χ4n) is 3.99. The van der Waals surface area contributed by atoms with Crippen LogP contribution in [0.5, 0.6) is 11.5 Å². The van der Waals surface area contributed by atoms with Crippen LogP contribution >= 0.6 is 0 Å². The first kappa shape index (κ1) is 17.1. The molecule has 0 amide bonds. The van der Waals surface area contributed by atoms with Gasteiger partial charge in [0.15, 0.2) is 0 Å². The van der Waals surface area contributed by atoms with Crippen LogP contribution in [0.1, 0.15) is 50.1 Å². The molecule has 2 aromatic rings. The summed E-state index contributed by atoms with van der Waals surface area (Å²) in [4.78, 5) is 8.85. The number of ether oxygens (including phenoxy) is 1. The van der Waals surface area contributed by atoms with E-state index in [9.17, 15) is 5.11 Å². The Morgan fingerprint density at radius 3 is 2.73 bits per heavy atom. The smallest absolute Gasteiger partial charge is 0.220 e. The summed E-state index contributed by atoms with van der Waals surface area (Å²) in [6, 6.07) is 7.31. The molecule has 1 aromatic heterocycles. The second-order valence-electron chi connectivity index (χ2n) is 7.25. The van der Waals surface area contributed by atoms with Gasteiger partial charge in [0, 0.05) is 12.5 Å². The zero-order chi connectivity index (χ0) is 17.9. The molecule has 0 bridgehead atoms. The molecule has 1 saturated carbocycles. The molecule has 6 nitrogen and oxygen atoms in total. The summed E-state index contributed by atoms with van der Waals surface area (Å²) in [6.45, 7) is 1.94. The lowest BCUT2D eigenvalue weighted by Gasteiger charge is -2.23. The maximum absolute atomic E-state index is 10.5. The highest BCUT2D eigenvalue weighted by Crippen LogP contribution is 2.39. The lowest BCUT2D eigenvalue weighted by atomic mass is 9.94. The number of aromatic hydroxyl groups is 1. The maximum Gasteiger partial charge on any atom is 0.220 e. The number of nitrogens with zero attached hydrogens (tertiary/aromatic N) is 2. The van der Waals surface area contributed by atoms with Crippen molar-refractivity contribution < 1.29 is 9.84 Å². The minimum Gasteiger partial charge on any atom is -0.507 e. The van der Waals surface area contributed by atoms with Gasteiger partial charge in [0.05, 0.1) is 23.1 Å². The van der Waals surface area contributed by atoms with E-state index in [1.165, 1.54) is 12.8 Å². The molecule has 1 aliphatic carbocycles. The van der Waals surface area contributed by atoms with Crippen LogP contribution in [-0.4, -0.2) is 34.3 Å². The Morgan fingerprint density at radius 2 is 1.96 bits per heavy atom. The Hall–Kier alpha value is -2.34. The molecule has 1 saturated heterocycles. The van der Waals surface area contributed by atoms with Crippen LogP contribution in [0.3, 0.4) is 0 Å². The van der Waals surface area contributed by atoms with E-state index >= 15 is 0 Å². The summed E-state index contributed by atoms with van der Waals surface area (Å²) in [5.74, 6) is 1.38. The summed E-state index contributed by atoms with van der Waals surface area (Å²) in [6.07, 6.45) is 6.90. The van der Waals surface area contributed by atoms with Crippen LogP contribution in [0.25, 0.3) is 11.3 Å². The van der Waals surface area contributed by atoms with Gasteiger partial charge < -0.3 is 20.9 Å². The van der Waals surface area contributed by atoms with Crippen LogP contribution in [0, 0.1) is 0 Å². The van der Waals surface area contributed by atoms with E-state index in [1.807, 2.05) is 12.1 Å². The first-order chi connectivity index (χ1) is 12.7. The molecule has 1 aliphatic heterocycles. The number of anilines is 1. The molecule has 138 valence electrons. The minimum atomic E-state index is 0.159. The fraction of sp³-hybridized carbons (Fsp3) is 0.500. The van der Waals surface area contributed by atoms with Gasteiger partial charge in [-0.2, -0.15) is 0 Å². The Kier molecular flexibility index (Phi) is 4.93. The summed E-state index contributed by atoms with van der Waals surface area (Å²) in [5.41, 5.74) is 8.17. The number of phenolic OH excluding ortho intramolecular Hbond substituents is 1. The van der Waals surface area contributed by atoms with Crippen molar-refractivity contribution in [1.29, 1.82) is 0 Å². The highest BCUT2D eigenvalue weighted by Gasteiger charge is 2.23. The van der Waals surface area contributed by atoms with Crippen LogP contribution < -0.4 is 15.8 Å². The number of benzene rings is 1. The van der Waals surface area contributed by atoms with Gasteiger partial charge in [-0.15, -0.1) is 0 Å². The number of phenols is 1. The zero-order valence-corrected chi connectivity index (χ0v) is 14.9. The third-order valence-electron chi connectivity index (χ3n) is 5.33. The van der Waals surface area contributed by atoms with Gasteiger partial charge in [-0.25, -0.2) is 9.97 Å². The zero-order valence-electron chi connectivity index (χ0n) is 14.9. The van der Waals surface area contributed by atoms with E-state index in [-0.39, 0.29) is 17.8 Å². The van der Waals surface area contributed by atoms with Crippen LogP contribution in [0.2, 0.25) is 0 Å². The highest BCUT2D eigenvalue weighted by atomic mass is 16.5. The lowest BCUT2D eigenvalue weighted by molar-refractivity contribution is 0.210. The van der Waals surface area contributed by atoms with E-state index in [0.29, 0.717) is 22.9 Å². The second-order valence-corrected chi connectivity index (χ2v) is 7.25. The van der Waals surface area contributed by atoms with E-state index in [2.05, 4.69) is 15.3 Å². The number of nitrogen functional groups attached to an aromatic ring is 1. The number of nitrogens with two attached hydrogens (primary N) is 1. The molecule has 4 N–H and O–H groups in total. The van der Waals surface area contributed by atoms with Gasteiger partial charge in [0.25, 0.3) is 0 Å². The number of hydrogen-bond donors (Lipinski definition) is 3. The number of hydrogen-bond acceptors (Lipinski definition) is 6. The van der Waals surface area contributed by atoms with Crippen molar-refractivity contribution in [3.8, 4) is 22.8 Å². The largest absolute Gasteiger partial charge is 0.507 e. The van der Waals surface area contributed by atoms with Crippen LogP contribution in [0.15, 0.2) is 24.3 Å². The van der Waals surface area contributed by atoms with Crippen molar-refractivity contribution in [2.24, 2.45) is 0 Å². The molecule has 2 fully saturated rings. The summed E-state index contributed by atoms with van der Waals surface area (Å²) in [5, 5.41) is 13.9. The molecule has 4 rings (SSSR count). The number of aromatic nitrogens is 2. The van der Waals surface area contributed by atoms with Crippen molar-refractivity contribution in [2.45, 2.75) is 50.5 Å². The lowest BCUT2D eigenvalue weighted by Crippen LogP contribution is -2.29. The highest BCUT2D eigenvalue weighted by molar-refractivity contribution is 5.74. The molecule has 0 radical (unpaired) electrons. The molecule has 1 atom stereocenters. The van der Waals surface area contributed by atoms with E-state index in [1.54, 1.807) is 12.1 Å². The monoisotopic (exact) mass is 354 g/mol. The van der Waals surface area contributed by atoms with Crippen LogP contribution in [-0.2, 0) is 0 Å². The van der Waals surface area contributed by atoms with Crippen LogP contribution in [0.4, 0.5) is 5.95 Å². The topological polar surface area (TPSA) is 93.3 Å². The van der Waals surface area contributed by atoms with Gasteiger partial charge in [-0.1, -0.05) is 6.07 Å². The molecule has 2 heterocycles. The fourth-order valence-corrected chi connectivity index (χ4v) is 3.99. The minimum absolute atomic E-state index is 0.159. The SMILES string of the molecule is Nc1nc(-c2c(O)cccc2OC2CCCC2)cc(C2CCCNC2)n1. The van der Waals surface area contributed by atoms with E-state index < -0.39 is 0 Å². The van der Waals surface area contributed by atoms with Gasteiger partial charge in [-0.3, -0.25) is 0 Å². The van der Waals surface area contributed by atoms with Gasteiger partial charge in [0.1, 0.15) is 11.5 Å². The molecule has 1 unspecified atom stereocenters. The third kappa shape index (κ3) is 3.60. The number of piperidine rings is 1. The average molecular weight is 354 g/mol. The summed E-state index contributed by atoms with van der Waals surface area (Å²) >= 11 is 0. The molecule has 0 spiro atoms. The average Bonchev–Trinajstić information content (AvgIpc) is 3.15. The number of nitrogens with one attached hydrogen (secondary N) is 1. The van der Waals surface area contributed by atoms with Crippen molar-refractivity contribution in [3.05, 3.63) is 30.0 Å². The predicted octanol–water partition coefficient (Wildman–Crippen LogP) is 3.22. The van der Waals surface area contributed by atoms with E-state index in [0.717, 1.165) is 44.5 Å². The summed E-state index contributed by atoms with van der Waals surface area (Å²) in [7, 11) is 0. The molecule has 2 aliphatic rings. The summed E-state index contributed by atoms with van der Waals surface area (Å²) < 4.78 is 6.19. The molecule has 1 aromatic carbocycles. The Labute approximate surface area is 153 Å². The van der Waals surface area contributed by atoms with E-state index in [4.69, 9.17) is 10.5 Å². The van der Waals surface area contributed by atoms with Gasteiger partial charge in [0.2, 0.25) is 5.95 Å². The number of rotatable bonds is 4. The normalized spacial score (nSPS) is 21.0. The molecular formula is C20H26N4O2. The predicted molar refractivity (Wildman–Crippen MR) is 101 cm³/mol. The maximum atomic E-state index is 10.5. The third-order valence-corrected chi connectivity index (χ3v) is 5.33. The Morgan fingerprint density at radius 1 is 1.12 bits per heavy atom. The first-order valence-corrected chi connectivity index (χ1v) is 9.55. The first-order valence-electron chi connectivity index (χ1n) is 9.55. The molecular weight excluding hydrogens is 328 g/mol. The van der Waals surface area contributed by atoms with Gasteiger partial charge >= 0.3 is 0 Å². The molecule has 26 heavy (non-hydrogen) atoms. The van der Waals surface area contributed by atoms with Crippen molar-refractivity contribution >= 4 is 5.95 Å². The standard InChI is InChI=1S/C20H26N4O2/c21-20-23-15(13-5-4-10-22-12-13)11-16(24-20)19-17(25)8-3-9-18(19)26-14-6-1-2-7-14/h3,8-9,11,13-14,22,25H,1-2,4-7,10,12H2,(H2,21,23,24). The Bertz CT molecular complexity index is 768. The van der Waals surface area contributed by atoms with Crippen molar-refractivity contribution in [1.82, 2.24) is 15.3 Å². The van der Waals surface area contributed by atoms with Crippen molar-refractivity contribution in [3.63, 3.8) is 0 Å². The quantitative estimate of drug-likeness (QED) is 0.780. The molecule has 6 heteroatoms. The Balaban J connectivity index is 1.71. The second kappa shape index (κ2) is 7.50. The van der Waals surface area contributed by atoms with Crippen molar-refractivity contribution in [2.75, 3.05) is 18.8 Å². The van der Waals surface area contributed by atoms with Gasteiger partial charge in [-0.05, 0) is 63.3 Å².